The summed E-state index contributed by atoms with van der Waals surface area (Å²) in [6.07, 6.45) is 1.80. The van der Waals surface area contributed by atoms with Crippen LogP contribution in [0.1, 0.15) is 21.7 Å². The summed E-state index contributed by atoms with van der Waals surface area (Å²) in [5.41, 5.74) is 2.88. The predicted molar refractivity (Wildman–Crippen MR) is 66.8 cm³/mol. The number of amides is 1. The number of tetrazole rings is 1. The summed E-state index contributed by atoms with van der Waals surface area (Å²) in [6, 6.07) is 3.82. The largest absolute Gasteiger partial charge is 0.295 e. The predicted octanol–water partition coefficient (Wildman–Crippen LogP) is 0.717. The van der Waals surface area contributed by atoms with Gasteiger partial charge in [0.2, 0.25) is 0 Å². The number of carbonyl (C=O) groups is 1. The second-order valence-electron chi connectivity index (χ2n) is 4.12. The molecule has 0 saturated heterocycles. The smallest absolute Gasteiger partial charge is 0.277 e. The number of nitrogens with zero attached hydrogens (tertiary/aromatic N) is 5. The molecule has 0 aliphatic heterocycles. The number of pyridine rings is 1. The highest BCUT2D eigenvalue weighted by atomic mass is 16.2. The molecule has 0 fully saturated rings. The van der Waals surface area contributed by atoms with Gasteiger partial charge in [0.05, 0.1) is 5.69 Å². The van der Waals surface area contributed by atoms with Gasteiger partial charge >= 0.3 is 0 Å². The Hall–Kier alpha value is -2.77. The van der Waals surface area contributed by atoms with E-state index < -0.39 is 0 Å². The summed E-state index contributed by atoms with van der Waals surface area (Å²) < 4.78 is 1.75. The highest BCUT2D eigenvalue weighted by Gasteiger charge is 2.18. The number of aryl methyl sites for hydroxylation is 2. The summed E-state index contributed by atoms with van der Waals surface area (Å²) in [6.45, 7) is 3.74. The number of fused-ring (bicyclic) bond motifs is 1. The van der Waals surface area contributed by atoms with Crippen LogP contribution in [0.4, 0.5) is 5.95 Å². The minimum atomic E-state index is -0.322. The minimum absolute atomic E-state index is 0.131. The Morgan fingerprint density at radius 2 is 2.26 bits per heavy atom. The molecule has 1 amide bonds. The lowest BCUT2D eigenvalue weighted by Crippen LogP contribution is -2.16. The molecule has 2 N–H and O–H groups in total. The Morgan fingerprint density at radius 3 is 3.00 bits per heavy atom. The lowest BCUT2D eigenvalue weighted by atomic mass is 10.3. The van der Waals surface area contributed by atoms with Crippen LogP contribution < -0.4 is 5.32 Å². The van der Waals surface area contributed by atoms with Crippen LogP contribution in [0.5, 0.6) is 0 Å². The van der Waals surface area contributed by atoms with Crippen molar-refractivity contribution in [2.24, 2.45) is 0 Å². The van der Waals surface area contributed by atoms with E-state index in [0.717, 1.165) is 11.2 Å². The molecule has 3 aromatic rings. The van der Waals surface area contributed by atoms with Gasteiger partial charge in [-0.15, -0.1) is 5.10 Å². The molecular formula is C11H11N7O. The van der Waals surface area contributed by atoms with Crippen LogP contribution in [0.15, 0.2) is 18.3 Å². The molecule has 3 heterocycles. The van der Waals surface area contributed by atoms with Crippen LogP contribution in [-0.4, -0.2) is 35.9 Å². The van der Waals surface area contributed by atoms with E-state index >= 15 is 0 Å². The molecule has 0 aliphatic rings. The van der Waals surface area contributed by atoms with Crippen molar-refractivity contribution < 1.29 is 4.79 Å². The Kier molecular flexibility index (Phi) is 2.48. The van der Waals surface area contributed by atoms with Crippen molar-refractivity contribution in [2.75, 3.05) is 5.32 Å². The first-order chi connectivity index (χ1) is 9.16. The van der Waals surface area contributed by atoms with Gasteiger partial charge in [0.25, 0.3) is 11.9 Å². The van der Waals surface area contributed by atoms with E-state index in [2.05, 4.69) is 30.9 Å². The highest BCUT2D eigenvalue weighted by Crippen LogP contribution is 2.16. The Balaban J connectivity index is 2.07. The van der Waals surface area contributed by atoms with E-state index in [1.807, 2.05) is 19.1 Å². The van der Waals surface area contributed by atoms with Crippen molar-refractivity contribution in [3.63, 3.8) is 0 Å². The molecule has 3 aromatic heterocycles. The molecule has 19 heavy (non-hydrogen) atoms. The maximum Gasteiger partial charge on any atom is 0.277 e. The number of hydrogen-bond donors (Lipinski definition) is 2. The summed E-state index contributed by atoms with van der Waals surface area (Å²) in [4.78, 5) is 16.6. The monoisotopic (exact) mass is 257 g/mol. The molecule has 0 atom stereocenters. The number of anilines is 1. The fourth-order valence-corrected chi connectivity index (χ4v) is 1.97. The quantitative estimate of drug-likeness (QED) is 0.704. The van der Waals surface area contributed by atoms with Gasteiger partial charge in [0.1, 0.15) is 11.3 Å². The number of H-pyrrole nitrogens is 1. The minimum Gasteiger partial charge on any atom is -0.295 e. The molecule has 8 nitrogen and oxygen atoms in total. The van der Waals surface area contributed by atoms with Gasteiger partial charge in [-0.2, -0.15) is 5.21 Å². The van der Waals surface area contributed by atoms with E-state index in [0.29, 0.717) is 11.4 Å². The number of aromatic nitrogens is 6. The first-order valence-corrected chi connectivity index (χ1v) is 5.66. The lowest BCUT2D eigenvalue weighted by molar-refractivity contribution is 0.102. The van der Waals surface area contributed by atoms with Crippen molar-refractivity contribution in [1.82, 2.24) is 30.0 Å². The van der Waals surface area contributed by atoms with Crippen LogP contribution >= 0.6 is 0 Å². The highest BCUT2D eigenvalue weighted by molar-refractivity contribution is 6.03. The van der Waals surface area contributed by atoms with Gasteiger partial charge < -0.3 is 0 Å². The molecule has 0 spiro atoms. The molecule has 0 bridgehead atoms. The molecule has 96 valence electrons. The molecule has 0 aromatic carbocycles. The van der Waals surface area contributed by atoms with E-state index in [-0.39, 0.29) is 11.9 Å². The van der Waals surface area contributed by atoms with Crippen LogP contribution in [-0.2, 0) is 0 Å². The number of aromatic amines is 1. The summed E-state index contributed by atoms with van der Waals surface area (Å²) in [5.74, 6) is -0.191. The number of nitrogens with one attached hydrogen (secondary N) is 2. The van der Waals surface area contributed by atoms with E-state index in [1.165, 1.54) is 0 Å². The van der Waals surface area contributed by atoms with Gasteiger partial charge in [-0.1, -0.05) is 11.2 Å². The first-order valence-electron chi connectivity index (χ1n) is 5.66. The average molecular weight is 257 g/mol. The number of carbonyl (C=O) groups excluding carboxylic acids is 1. The van der Waals surface area contributed by atoms with Crippen LogP contribution in [0.25, 0.3) is 5.65 Å². The summed E-state index contributed by atoms with van der Waals surface area (Å²) >= 11 is 0. The van der Waals surface area contributed by atoms with Crippen molar-refractivity contribution in [3.05, 3.63) is 35.3 Å². The zero-order chi connectivity index (χ0) is 13.4. The normalized spacial score (nSPS) is 10.8. The van der Waals surface area contributed by atoms with Gasteiger partial charge in [-0.3, -0.25) is 14.5 Å². The zero-order valence-corrected chi connectivity index (χ0v) is 10.4. The molecule has 0 aliphatic carbocycles. The topological polar surface area (TPSA) is 101 Å². The van der Waals surface area contributed by atoms with Gasteiger partial charge in [0.15, 0.2) is 0 Å². The molecular weight excluding hydrogens is 246 g/mol. The zero-order valence-electron chi connectivity index (χ0n) is 10.4. The fraction of sp³-hybridized carbons (Fsp3) is 0.182. The van der Waals surface area contributed by atoms with E-state index in [4.69, 9.17) is 0 Å². The second-order valence-corrected chi connectivity index (χ2v) is 4.12. The van der Waals surface area contributed by atoms with Crippen molar-refractivity contribution >= 4 is 17.5 Å². The maximum atomic E-state index is 12.2. The molecule has 3 rings (SSSR count). The van der Waals surface area contributed by atoms with Crippen molar-refractivity contribution in [1.29, 1.82) is 0 Å². The Labute approximate surface area is 107 Å². The van der Waals surface area contributed by atoms with E-state index in [1.54, 1.807) is 17.5 Å². The van der Waals surface area contributed by atoms with Gasteiger partial charge in [-0.25, -0.2) is 4.98 Å². The van der Waals surface area contributed by atoms with Gasteiger partial charge in [0, 0.05) is 6.20 Å². The van der Waals surface area contributed by atoms with Crippen molar-refractivity contribution in [2.45, 2.75) is 13.8 Å². The third-order valence-corrected chi connectivity index (χ3v) is 2.81. The van der Waals surface area contributed by atoms with Crippen LogP contribution in [0.3, 0.4) is 0 Å². The number of imidazole rings is 1. The third-order valence-electron chi connectivity index (χ3n) is 2.81. The van der Waals surface area contributed by atoms with Gasteiger partial charge in [-0.05, 0) is 30.7 Å². The Morgan fingerprint density at radius 1 is 1.42 bits per heavy atom. The standard InChI is InChI=1S/C11H11N7O/c1-6-4-3-5-18-8(7(2)12-9(6)18)10(19)13-11-14-16-17-15-11/h3-5H,1-2H3,(H2,13,14,15,16,17,19). The molecule has 0 radical (unpaired) electrons. The number of rotatable bonds is 2. The SMILES string of the molecule is Cc1nc2c(C)cccn2c1C(=O)Nc1nn[nH]n1. The molecule has 8 heteroatoms. The lowest BCUT2D eigenvalue weighted by Gasteiger charge is -2.02. The van der Waals surface area contributed by atoms with E-state index in [9.17, 15) is 4.79 Å². The summed E-state index contributed by atoms with van der Waals surface area (Å²) in [7, 11) is 0. The third kappa shape index (κ3) is 1.82. The maximum absolute atomic E-state index is 12.2. The van der Waals surface area contributed by atoms with Crippen molar-refractivity contribution in [3.8, 4) is 0 Å². The Bertz CT molecular complexity index is 744. The molecule has 0 unspecified atom stereocenters. The second kappa shape index (κ2) is 4.16. The average Bonchev–Trinajstić information content (AvgIpc) is 2.96. The fourth-order valence-electron chi connectivity index (χ4n) is 1.97. The number of hydrogen-bond acceptors (Lipinski definition) is 5. The van der Waals surface area contributed by atoms with Crippen LogP contribution in [0, 0.1) is 13.8 Å². The van der Waals surface area contributed by atoms with Crippen LogP contribution in [0.2, 0.25) is 0 Å². The summed E-state index contributed by atoms with van der Waals surface area (Å²) in [5, 5.41) is 15.6. The first kappa shape index (κ1) is 11.3. The molecule has 0 saturated carbocycles.